The van der Waals surface area contributed by atoms with Gasteiger partial charge in [-0.2, -0.15) is 5.06 Å². The lowest BCUT2D eigenvalue weighted by Crippen LogP contribution is -2.30. The lowest BCUT2D eigenvalue weighted by molar-refractivity contribution is 0.115. The maximum Gasteiger partial charge on any atom is 0.438 e. The van der Waals surface area contributed by atoms with E-state index >= 15 is 0 Å². The first kappa shape index (κ1) is 21.6. The Bertz CT molecular complexity index is 916. The highest BCUT2D eigenvalue weighted by Crippen LogP contribution is 2.23. The SMILES string of the molecule is COC(=O)N(OC)c1ccccc1COc1ccn(-c2ccc(Cl)cc2)n1.Cl. The molecule has 0 spiro atoms. The third kappa shape index (κ3) is 4.95. The lowest BCUT2D eigenvalue weighted by atomic mass is 10.2. The topological polar surface area (TPSA) is 65.8 Å². The minimum Gasteiger partial charge on any atom is -0.472 e. The molecule has 1 amide bonds. The minimum absolute atomic E-state index is 0. The predicted octanol–water partition coefficient (Wildman–Crippen LogP) is 4.66. The summed E-state index contributed by atoms with van der Waals surface area (Å²) in [6, 6.07) is 16.3. The van der Waals surface area contributed by atoms with E-state index in [4.69, 9.17) is 25.9 Å². The molecule has 7 nitrogen and oxygen atoms in total. The number of ether oxygens (including phenoxy) is 2. The van der Waals surface area contributed by atoms with E-state index in [1.165, 1.54) is 14.2 Å². The second kappa shape index (κ2) is 9.98. The van der Waals surface area contributed by atoms with Crippen molar-refractivity contribution in [3.63, 3.8) is 0 Å². The van der Waals surface area contributed by atoms with Crippen LogP contribution in [0.25, 0.3) is 5.69 Å². The van der Waals surface area contributed by atoms with Gasteiger partial charge in [0.05, 0.1) is 25.6 Å². The number of carbonyl (C=O) groups is 1. The first-order valence-electron chi connectivity index (χ1n) is 8.07. The fourth-order valence-corrected chi connectivity index (χ4v) is 2.58. The van der Waals surface area contributed by atoms with Crippen LogP contribution in [0.5, 0.6) is 5.88 Å². The third-order valence-corrected chi connectivity index (χ3v) is 4.02. The number of methoxy groups -OCH3 is 1. The van der Waals surface area contributed by atoms with Crippen molar-refractivity contribution in [2.45, 2.75) is 6.61 Å². The number of carbonyl (C=O) groups excluding carboxylic acids is 1. The summed E-state index contributed by atoms with van der Waals surface area (Å²) in [7, 11) is 2.68. The van der Waals surface area contributed by atoms with Crippen LogP contribution in [0.1, 0.15) is 5.56 Å². The van der Waals surface area contributed by atoms with Crippen molar-refractivity contribution in [2.75, 3.05) is 19.3 Å². The Morgan fingerprint density at radius 2 is 1.82 bits per heavy atom. The number of hydrogen-bond acceptors (Lipinski definition) is 5. The maximum atomic E-state index is 11.9. The van der Waals surface area contributed by atoms with Gasteiger partial charge < -0.3 is 9.47 Å². The molecule has 0 aliphatic heterocycles. The summed E-state index contributed by atoms with van der Waals surface area (Å²) >= 11 is 5.91. The molecule has 1 aromatic heterocycles. The second-order valence-electron chi connectivity index (χ2n) is 5.44. The van der Waals surface area contributed by atoms with Crippen LogP contribution in [0.15, 0.2) is 60.8 Å². The second-order valence-corrected chi connectivity index (χ2v) is 5.88. The van der Waals surface area contributed by atoms with E-state index in [-0.39, 0.29) is 19.0 Å². The van der Waals surface area contributed by atoms with E-state index in [1.54, 1.807) is 41.2 Å². The molecule has 0 fully saturated rings. The molecular weight excluding hydrogens is 405 g/mol. The van der Waals surface area contributed by atoms with Crippen LogP contribution in [0.3, 0.4) is 0 Å². The largest absolute Gasteiger partial charge is 0.472 e. The molecule has 28 heavy (non-hydrogen) atoms. The van der Waals surface area contributed by atoms with Gasteiger partial charge in [0.2, 0.25) is 5.88 Å². The summed E-state index contributed by atoms with van der Waals surface area (Å²) in [6.07, 6.45) is 1.16. The van der Waals surface area contributed by atoms with Gasteiger partial charge in [0.25, 0.3) is 0 Å². The fourth-order valence-electron chi connectivity index (χ4n) is 2.46. The molecule has 3 aromatic rings. The monoisotopic (exact) mass is 423 g/mol. The van der Waals surface area contributed by atoms with E-state index in [1.807, 2.05) is 24.3 Å². The highest BCUT2D eigenvalue weighted by molar-refractivity contribution is 6.30. The number of aromatic nitrogens is 2. The third-order valence-electron chi connectivity index (χ3n) is 3.76. The van der Waals surface area contributed by atoms with Crippen LogP contribution < -0.4 is 9.80 Å². The quantitative estimate of drug-likeness (QED) is 0.539. The van der Waals surface area contributed by atoms with Gasteiger partial charge in [-0.15, -0.1) is 17.5 Å². The van der Waals surface area contributed by atoms with E-state index < -0.39 is 6.09 Å². The van der Waals surface area contributed by atoms with E-state index in [0.29, 0.717) is 16.6 Å². The average Bonchev–Trinajstić information content (AvgIpc) is 3.17. The minimum atomic E-state index is -0.628. The lowest BCUT2D eigenvalue weighted by Gasteiger charge is -2.20. The molecule has 148 valence electrons. The summed E-state index contributed by atoms with van der Waals surface area (Å²) in [4.78, 5) is 17.0. The molecule has 1 heterocycles. The van der Waals surface area contributed by atoms with Crippen LogP contribution in [-0.2, 0) is 16.2 Å². The standard InChI is InChI=1S/C19H18ClN3O4.ClH/c1-25-19(24)23(26-2)17-6-4-3-5-14(17)13-27-18-11-12-22(21-18)16-9-7-15(20)8-10-16;/h3-12H,13H2,1-2H3;1H. The Morgan fingerprint density at radius 3 is 2.50 bits per heavy atom. The summed E-state index contributed by atoms with van der Waals surface area (Å²) < 4.78 is 12.2. The van der Waals surface area contributed by atoms with E-state index in [2.05, 4.69) is 5.10 Å². The molecule has 0 saturated heterocycles. The number of anilines is 1. The Morgan fingerprint density at radius 1 is 1.11 bits per heavy atom. The summed E-state index contributed by atoms with van der Waals surface area (Å²) in [6.45, 7) is 0.199. The number of rotatable bonds is 6. The summed E-state index contributed by atoms with van der Waals surface area (Å²) in [5, 5.41) is 6.11. The van der Waals surface area contributed by atoms with Gasteiger partial charge in [-0.25, -0.2) is 9.48 Å². The van der Waals surface area contributed by atoms with Crippen molar-refractivity contribution in [1.82, 2.24) is 9.78 Å². The van der Waals surface area contributed by atoms with Gasteiger partial charge in [0.1, 0.15) is 6.61 Å². The first-order chi connectivity index (χ1) is 13.1. The first-order valence-corrected chi connectivity index (χ1v) is 8.44. The smallest absolute Gasteiger partial charge is 0.438 e. The number of amides is 1. The van der Waals surface area contributed by atoms with Crippen molar-refractivity contribution < 1.29 is 19.1 Å². The van der Waals surface area contributed by atoms with Crippen LogP contribution in [0, 0.1) is 0 Å². The number of para-hydroxylation sites is 1. The van der Waals surface area contributed by atoms with Gasteiger partial charge in [0, 0.05) is 22.8 Å². The zero-order valence-corrected chi connectivity index (χ0v) is 16.8. The number of halogens is 2. The van der Waals surface area contributed by atoms with Gasteiger partial charge in [0.15, 0.2) is 0 Å². The van der Waals surface area contributed by atoms with Crippen LogP contribution in [0.4, 0.5) is 10.5 Å². The Kier molecular flexibility index (Phi) is 7.69. The zero-order valence-electron chi connectivity index (χ0n) is 15.2. The Hall–Kier alpha value is -2.74. The van der Waals surface area contributed by atoms with Gasteiger partial charge in [-0.05, 0) is 30.3 Å². The van der Waals surface area contributed by atoms with E-state index in [0.717, 1.165) is 16.3 Å². The molecule has 0 aliphatic rings. The Labute approximate surface area is 173 Å². The number of nitrogens with zero attached hydrogens (tertiary/aromatic N) is 3. The molecule has 2 aromatic carbocycles. The molecule has 9 heteroatoms. The van der Waals surface area contributed by atoms with Gasteiger partial charge in [-0.1, -0.05) is 29.8 Å². The van der Waals surface area contributed by atoms with Crippen molar-refractivity contribution >= 4 is 35.8 Å². The molecule has 0 aliphatic carbocycles. The predicted molar refractivity (Wildman–Crippen MR) is 108 cm³/mol. The molecule has 0 radical (unpaired) electrons. The number of hydrogen-bond donors (Lipinski definition) is 0. The highest BCUT2D eigenvalue weighted by Gasteiger charge is 2.19. The van der Waals surface area contributed by atoms with Crippen LogP contribution >= 0.6 is 24.0 Å². The zero-order chi connectivity index (χ0) is 19.2. The molecule has 0 atom stereocenters. The fraction of sp³-hybridized carbons (Fsp3) is 0.158. The average molecular weight is 424 g/mol. The van der Waals surface area contributed by atoms with Gasteiger partial charge in [-0.3, -0.25) is 4.84 Å². The number of hydroxylamine groups is 1. The van der Waals surface area contributed by atoms with Crippen LogP contribution in [0.2, 0.25) is 5.02 Å². The Balaban J connectivity index is 0.00000280. The van der Waals surface area contributed by atoms with Gasteiger partial charge >= 0.3 is 6.09 Å². The van der Waals surface area contributed by atoms with Crippen molar-refractivity contribution in [1.29, 1.82) is 0 Å². The molecule has 0 N–H and O–H groups in total. The molecule has 0 unspecified atom stereocenters. The highest BCUT2D eigenvalue weighted by atomic mass is 35.5. The molecule has 0 bridgehead atoms. The molecule has 0 saturated carbocycles. The van der Waals surface area contributed by atoms with E-state index in [9.17, 15) is 4.79 Å². The summed E-state index contributed by atoms with van der Waals surface area (Å²) in [5.74, 6) is 0.446. The summed E-state index contributed by atoms with van der Waals surface area (Å²) in [5.41, 5.74) is 2.14. The normalized spacial score (nSPS) is 10.1. The van der Waals surface area contributed by atoms with Crippen molar-refractivity contribution in [3.8, 4) is 11.6 Å². The number of benzene rings is 2. The van der Waals surface area contributed by atoms with Crippen molar-refractivity contribution in [3.05, 3.63) is 71.4 Å². The van der Waals surface area contributed by atoms with Crippen LogP contribution in [-0.4, -0.2) is 30.1 Å². The maximum absolute atomic E-state index is 11.9. The molecule has 3 rings (SSSR count). The molecular formula is C19H19Cl2N3O4. The van der Waals surface area contributed by atoms with Crippen molar-refractivity contribution in [2.24, 2.45) is 0 Å².